The monoisotopic (exact) mass is 437 g/mol. The van der Waals surface area contributed by atoms with Crippen molar-refractivity contribution in [3.63, 3.8) is 0 Å². The van der Waals surface area contributed by atoms with Crippen molar-refractivity contribution in [2.75, 3.05) is 23.9 Å². The molecular weight excluding hydrogens is 414 g/mol. The summed E-state index contributed by atoms with van der Waals surface area (Å²) >= 11 is 0. The Kier molecular flexibility index (Phi) is 4.97. The zero-order valence-corrected chi connectivity index (χ0v) is 17.8. The normalized spacial score (nSPS) is 18.8. The van der Waals surface area contributed by atoms with Crippen LogP contribution in [0.2, 0.25) is 0 Å². The van der Waals surface area contributed by atoms with Crippen LogP contribution in [0.1, 0.15) is 34.8 Å². The zero-order valence-electron chi connectivity index (χ0n) is 17.0. The number of benzene rings is 2. The standard InChI is InChI=1S/C22H23N5O3S/c28-22(25-11-4-7-19(14-25)26-16-23-15-24-26)18-6-3-8-20(13-18)31(29,30)27-12-10-17-5-1-2-9-21(17)27/h1-3,5-6,8-9,13,15-16,19H,4,7,10-12,14H2. The van der Waals surface area contributed by atoms with Gasteiger partial charge in [-0.1, -0.05) is 24.3 Å². The van der Waals surface area contributed by atoms with Crippen molar-refractivity contribution < 1.29 is 13.2 Å². The number of likely N-dealkylation sites (tertiary alicyclic amines) is 1. The highest BCUT2D eigenvalue weighted by Gasteiger charge is 2.32. The van der Waals surface area contributed by atoms with Gasteiger partial charge in [-0.15, -0.1) is 0 Å². The Balaban J connectivity index is 1.39. The molecule has 1 unspecified atom stereocenters. The Morgan fingerprint density at radius 3 is 2.77 bits per heavy atom. The lowest BCUT2D eigenvalue weighted by atomic mass is 10.0. The lowest BCUT2D eigenvalue weighted by Crippen LogP contribution is -2.41. The number of hydrogen-bond donors (Lipinski definition) is 0. The molecule has 2 aliphatic heterocycles. The van der Waals surface area contributed by atoms with Crippen molar-refractivity contribution >= 4 is 21.6 Å². The molecule has 0 aliphatic carbocycles. The van der Waals surface area contributed by atoms with E-state index in [0.29, 0.717) is 37.3 Å². The third-order valence-electron chi connectivity index (χ3n) is 6.01. The SMILES string of the molecule is O=C(c1cccc(S(=O)(=O)N2CCc3ccccc32)c1)N1CCCC(n2cncn2)C1. The molecule has 0 saturated carbocycles. The van der Waals surface area contributed by atoms with E-state index in [9.17, 15) is 13.2 Å². The summed E-state index contributed by atoms with van der Waals surface area (Å²) in [5, 5.41) is 4.20. The van der Waals surface area contributed by atoms with Gasteiger partial charge in [0.05, 0.1) is 16.6 Å². The van der Waals surface area contributed by atoms with E-state index in [0.717, 1.165) is 18.4 Å². The van der Waals surface area contributed by atoms with Crippen molar-refractivity contribution in [3.05, 3.63) is 72.3 Å². The molecule has 1 fully saturated rings. The predicted molar refractivity (Wildman–Crippen MR) is 115 cm³/mol. The minimum atomic E-state index is -3.74. The molecule has 2 aliphatic rings. The van der Waals surface area contributed by atoms with Gasteiger partial charge in [-0.25, -0.2) is 18.1 Å². The van der Waals surface area contributed by atoms with Crippen LogP contribution in [0.5, 0.6) is 0 Å². The van der Waals surface area contributed by atoms with Gasteiger partial charge in [-0.2, -0.15) is 5.10 Å². The lowest BCUT2D eigenvalue weighted by molar-refractivity contribution is 0.0672. The molecule has 160 valence electrons. The summed E-state index contributed by atoms with van der Waals surface area (Å²) in [5.41, 5.74) is 2.12. The van der Waals surface area contributed by atoms with Crippen LogP contribution in [0.4, 0.5) is 5.69 Å². The first kappa shape index (κ1) is 19.7. The van der Waals surface area contributed by atoms with Crippen LogP contribution >= 0.6 is 0 Å². The number of fused-ring (bicyclic) bond motifs is 1. The Bertz CT molecular complexity index is 1210. The average molecular weight is 438 g/mol. The van der Waals surface area contributed by atoms with Gasteiger partial charge in [0.25, 0.3) is 15.9 Å². The number of rotatable bonds is 4. The maximum Gasteiger partial charge on any atom is 0.264 e. The summed E-state index contributed by atoms with van der Waals surface area (Å²) in [6.07, 6.45) is 5.63. The summed E-state index contributed by atoms with van der Waals surface area (Å²) in [5.74, 6) is -0.163. The van der Waals surface area contributed by atoms with Gasteiger partial charge in [0.15, 0.2) is 0 Å². The Morgan fingerprint density at radius 2 is 1.94 bits per heavy atom. The van der Waals surface area contributed by atoms with E-state index < -0.39 is 10.0 Å². The van der Waals surface area contributed by atoms with Gasteiger partial charge < -0.3 is 4.90 Å². The number of carbonyl (C=O) groups is 1. The fraction of sp³-hybridized carbons (Fsp3) is 0.318. The fourth-order valence-corrected chi connectivity index (χ4v) is 5.97. The van der Waals surface area contributed by atoms with Crippen LogP contribution in [0, 0.1) is 0 Å². The smallest absolute Gasteiger partial charge is 0.264 e. The van der Waals surface area contributed by atoms with Gasteiger partial charge in [0, 0.05) is 25.2 Å². The van der Waals surface area contributed by atoms with E-state index in [2.05, 4.69) is 10.1 Å². The number of carbonyl (C=O) groups excluding carboxylic acids is 1. The van der Waals surface area contributed by atoms with Gasteiger partial charge in [-0.05, 0) is 49.1 Å². The molecule has 9 heteroatoms. The first-order valence-corrected chi connectivity index (χ1v) is 11.8. The summed E-state index contributed by atoms with van der Waals surface area (Å²) in [4.78, 5) is 19.1. The number of sulfonamides is 1. The molecule has 1 atom stereocenters. The Morgan fingerprint density at radius 1 is 1.06 bits per heavy atom. The molecule has 5 rings (SSSR count). The van der Waals surface area contributed by atoms with Gasteiger partial charge in [-0.3, -0.25) is 9.10 Å². The molecule has 0 spiro atoms. The van der Waals surface area contributed by atoms with Crippen molar-refractivity contribution in [1.82, 2.24) is 19.7 Å². The maximum atomic E-state index is 13.3. The third kappa shape index (κ3) is 3.59. The molecule has 31 heavy (non-hydrogen) atoms. The lowest BCUT2D eigenvalue weighted by Gasteiger charge is -2.32. The molecule has 8 nitrogen and oxygen atoms in total. The molecule has 3 aromatic rings. The molecule has 3 heterocycles. The predicted octanol–water partition coefficient (Wildman–Crippen LogP) is 2.51. The second-order valence-electron chi connectivity index (χ2n) is 7.91. The largest absolute Gasteiger partial charge is 0.337 e. The quantitative estimate of drug-likeness (QED) is 0.626. The van der Waals surface area contributed by atoms with Crippen molar-refractivity contribution in [2.24, 2.45) is 0 Å². The van der Waals surface area contributed by atoms with Gasteiger partial charge in [0.2, 0.25) is 0 Å². The molecule has 1 aromatic heterocycles. The summed E-state index contributed by atoms with van der Waals surface area (Å²) in [7, 11) is -3.74. The van der Waals surface area contributed by atoms with Gasteiger partial charge >= 0.3 is 0 Å². The Labute approximate surface area is 181 Å². The van der Waals surface area contributed by atoms with Crippen LogP contribution < -0.4 is 4.31 Å². The number of nitrogens with zero attached hydrogens (tertiary/aromatic N) is 5. The summed E-state index contributed by atoms with van der Waals surface area (Å²) < 4.78 is 29.9. The van der Waals surface area contributed by atoms with Crippen LogP contribution in [-0.2, 0) is 16.4 Å². The molecular formula is C22H23N5O3S. The number of aromatic nitrogens is 3. The maximum absolute atomic E-state index is 13.3. The number of hydrogen-bond acceptors (Lipinski definition) is 5. The van der Waals surface area contributed by atoms with Crippen molar-refractivity contribution in [3.8, 4) is 0 Å². The average Bonchev–Trinajstić information content (AvgIpc) is 3.49. The van der Waals surface area contributed by atoms with Gasteiger partial charge in [0.1, 0.15) is 12.7 Å². The minimum absolute atomic E-state index is 0.0771. The van der Waals surface area contributed by atoms with Crippen LogP contribution in [0.15, 0.2) is 66.1 Å². The number of piperidine rings is 1. The highest BCUT2D eigenvalue weighted by molar-refractivity contribution is 7.92. The van der Waals surface area contributed by atoms with E-state index in [1.165, 1.54) is 16.7 Å². The second-order valence-corrected chi connectivity index (χ2v) is 9.77. The molecule has 0 N–H and O–H groups in total. The van der Waals surface area contributed by atoms with Crippen LogP contribution in [0.3, 0.4) is 0 Å². The van der Waals surface area contributed by atoms with Crippen LogP contribution in [-0.4, -0.2) is 53.6 Å². The fourth-order valence-electron chi connectivity index (χ4n) is 4.42. The molecule has 1 saturated heterocycles. The van der Waals surface area contributed by atoms with Crippen molar-refractivity contribution in [1.29, 1.82) is 0 Å². The van der Waals surface area contributed by atoms with E-state index in [-0.39, 0.29) is 16.8 Å². The van der Waals surface area contributed by atoms with Crippen molar-refractivity contribution in [2.45, 2.75) is 30.2 Å². The first-order chi connectivity index (χ1) is 15.0. The second kappa shape index (κ2) is 7.81. The third-order valence-corrected chi connectivity index (χ3v) is 7.82. The highest BCUT2D eigenvalue weighted by atomic mass is 32.2. The van der Waals surface area contributed by atoms with E-state index >= 15 is 0 Å². The van der Waals surface area contributed by atoms with Crippen LogP contribution in [0.25, 0.3) is 0 Å². The molecule has 2 aromatic carbocycles. The molecule has 0 radical (unpaired) electrons. The minimum Gasteiger partial charge on any atom is -0.337 e. The highest BCUT2D eigenvalue weighted by Crippen LogP contribution is 2.33. The van der Waals surface area contributed by atoms with E-state index in [4.69, 9.17) is 0 Å². The number of para-hydroxylation sites is 1. The number of amides is 1. The summed E-state index contributed by atoms with van der Waals surface area (Å²) in [6, 6.07) is 14.0. The first-order valence-electron chi connectivity index (χ1n) is 10.4. The zero-order chi connectivity index (χ0) is 21.4. The Hall–Kier alpha value is -3.20. The molecule has 0 bridgehead atoms. The molecule has 1 amide bonds. The number of anilines is 1. The summed E-state index contributed by atoms with van der Waals surface area (Å²) in [6.45, 7) is 1.57. The topological polar surface area (TPSA) is 88.4 Å². The van der Waals surface area contributed by atoms with E-state index in [1.54, 1.807) is 34.1 Å². The van der Waals surface area contributed by atoms with E-state index in [1.807, 2.05) is 24.3 Å².